The third-order valence-corrected chi connectivity index (χ3v) is 3.66. The highest BCUT2D eigenvalue weighted by Crippen LogP contribution is 2.16. The fourth-order valence-corrected chi connectivity index (χ4v) is 2.34. The Morgan fingerprint density at radius 2 is 2.14 bits per heavy atom. The van der Waals surface area contributed by atoms with Gasteiger partial charge in [-0.15, -0.1) is 11.3 Å². The summed E-state index contributed by atoms with van der Waals surface area (Å²) in [5.41, 5.74) is 3.38. The predicted molar refractivity (Wildman–Crippen MR) is 90.8 cm³/mol. The molecule has 1 heterocycles. The van der Waals surface area contributed by atoms with Gasteiger partial charge in [0, 0.05) is 10.6 Å². The predicted octanol–water partition coefficient (Wildman–Crippen LogP) is 3.10. The zero-order valence-corrected chi connectivity index (χ0v) is 13.4. The van der Waals surface area contributed by atoms with E-state index in [1.807, 2.05) is 48.7 Å². The number of nitrogens with zero attached hydrogens (tertiary/aromatic N) is 1. The van der Waals surface area contributed by atoms with Crippen molar-refractivity contribution in [2.75, 3.05) is 11.9 Å². The minimum absolute atomic E-state index is 0.193. The highest BCUT2D eigenvalue weighted by molar-refractivity contribution is 7.11. The van der Waals surface area contributed by atoms with Crippen molar-refractivity contribution in [2.45, 2.75) is 19.9 Å². The lowest BCUT2D eigenvalue weighted by Crippen LogP contribution is -2.34. The Bertz CT molecular complexity index is 609. The summed E-state index contributed by atoms with van der Waals surface area (Å²) in [6.07, 6.45) is 1.63. The van der Waals surface area contributed by atoms with E-state index in [4.69, 9.17) is 4.74 Å². The second-order valence-corrected chi connectivity index (χ2v) is 5.55. The minimum atomic E-state index is -0.390. The van der Waals surface area contributed by atoms with Crippen LogP contribution in [0.2, 0.25) is 0 Å². The number of hydrogen-bond donors (Lipinski definition) is 2. The van der Waals surface area contributed by atoms with Crippen molar-refractivity contribution in [3.8, 4) is 5.75 Å². The van der Waals surface area contributed by atoms with Crippen LogP contribution in [0.5, 0.6) is 5.75 Å². The molecule has 2 rings (SSSR count). The summed E-state index contributed by atoms with van der Waals surface area (Å²) in [4.78, 5) is 12.9. The number of carbonyl (C=O) groups is 1. The van der Waals surface area contributed by atoms with E-state index >= 15 is 0 Å². The van der Waals surface area contributed by atoms with Crippen molar-refractivity contribution < 1.29 is 9.53 Å². The quantitative estimate of drug-likeness (QED) is 0.609. The fraction of sp³-hybridized carbons (Fsp3) is 0.250. The summed E-state index contributed by atoms with van der Waals surface area (Å²) in [5, 5.41) is 9.01. The Hall–Kier alpha value is -2.34. The van der Waals surface area contributed by atoms with Crippen molar-refractivity contribution in [2.24, 2.45) is 5.10 Å². The molecule has 0 aliphatic rings. The van der Waals surface area contributed by atoms with E-state index in [0.29, 0.717) is 6.61 Å². The number of thiophene rings is 1. The Labute approximate surface area is 134 Å². The number of benzene rings is 1. The van der Waals surface area contributed by atoms with Gasteiger partial charge in [-0.25, -0.2) is 5.43 Å². The molecule has 1 atom stereocenters. The van der Waals surface area contributed by atoms with Gasteiger partial charge in [-0.1, -0.05) is 6.07 Å². The SMILES string of the molecule is CCOc1ccc(N[C@@H](C)C(=O)N/N=C\c2cccs2)cc1. The van der Waals surface area contributed by atoms with Crippen LogP contribution in [0.15, 0.2) is 46.9 Å². The van der Waals surface area contributed by atoms with Crippen LogP contribution in [0.25, 0.3) is 0 Å². The number of ether oxygens (including phenoxy) is 1. The van der Waals surface area contributed by atoms with Crippen LogP contribution in [-0.2, 0) is 4.79 Å². The maximum Gasteiger partial charge on any atom is 0.262 e. The number of hydrogen-bond acceptors (Lipinski definition) is 5. The standard InChI is InChI=1S/C16H19N3O2S/c1-3-21-14-8-6-13(7-9-14)18-12(2)16(20)19-17-11-15-5-4-10-22-15/h4-12,18H,3H2,1-2H3,(H,19,20)/b17-11-/t12-/m0/s1. The molecule has 0 saturated carbocycles. The maximum atomic E-state index is 11.9. The Morgan fingerprint density at radius 3 is 2.77 bits per heavy atom. The molecule has 0 aliphatic carbocycles. The lowest BCUT2D eigenvalue weighted by molar-refractivity contribution is -0.121. The molecule has 0 spiro atoms. The van der Waals surface area contributed by atoms with E-state index < -0.39 is 6.04 Å². The Balaban J connectivity index is 1.82. The first kappa shape index (κ1) is 16.0. The summed E-state index contributed by atoms with van der Waals surface area (Å²) in [6, 6.07) is 11.0. The topological polar surface area (TPSA) is 62.7 Å². The average Bonchev–Trinajstić information content (AvgIpc) is 3.02. The normalized spacial score (nSPS) is 12.1. The Morgan fingerprint density at radius 1 is 1.36 bits per heavy atom. The molecule has 116 valence electrons. The molecule has 1 aromatic carbocycles. The molecule has 0 saturated heterocycles. The van der Waals surface area contributed by atoms with E-state index in [0.717, 1.165) is 16.3 Å². The molecule has 5 nitrogen and oxygen atoms in total. The molecule has 22 heavy (non-hydrogen) atoms. The van der Waals surface area contributed by atoms with Crippen molar-refractivity contribution in [1.82, 2.24) is 5.43 Å². The molecular formula is C16H19N3O2S. The highest BCUT2D eigenvalue weighted by Gasteiger charge is 2.11. The maximum absolute atomic E-state index is 11.9. The number of rotatable bonds is 7. The zero-order chi connectivity index (χ0) is 15.8. The van der Waals surface area contributed by atoms with Crippen molar-refractivity contribution in [1.29, 1.82) is 0 Å². The highest BCUT2D eigenvalue weighted by atomic mass is 32.1. The largest absolute Gasteiger partial charge is 0.494 e. The number of hydrazone groups is 1. The lowest BCUT2D eigenvalue weighted by atomic mass is 10.2. The van der Waals surface area contributed by atoms with E-state index in [1.165, 1.54) is 0 Å². The first-order chi connectivity index (χ1) is 10.7. The van der Waals surface area contributed by atoms with Crippen LogP contribution < -0.4 is 15.5 Å². The second-order valence-electron chi connectivity index (χ2n) is 4.57. The minimum Gasteiger partial charge on any atom is -0.494 e. The van der Waals surface area contributed by atoms with Gasteiger partial charge in [-0.05, 0) is 49.6 Å². The van der Waals surface area contributed by atoms with Gasteiger partial charge in [0.25, 0.3) is 5.91 Å². The monoisotopic (exact) mass is 317 g/mol. The number of amides is 1. The van der Waals surface area contributed by atoms with Gasteiger partial charge in [0.05, 0.1) is 12.8 Å². The number of anilines is 1. The van der Waals surface area contributed by atoms with E-state index in [1.54, 1.807) is 24.5 Å². The van der Waals surface area contributed by atoms with Crippen LogP contribution in [-0.4, -0.2) is 24.8 Å². The van der Waals surface area contributed by atoms with Gasteiger partial charge >= 0.3 is 0 Å². The van der Waals surface area contributed by atoms with Crippen LogP contribution in [0.4, 0.5) is 5.69 Å². The van der Waals surface area contributed by atoms with E-state index in [9.17, 15) is 4.79 Å². The Kier molecular flexibility index (Phi) is 5.97. The molecule has 0 radical (unpaired) electrons. The molecule has 1 amide bonds. The summed E-state index contributed by atoms with van der Waals surface area (Å²) < 4.78 is 5.38. The molecule has 0 aliphatic heterocycles. The third kappa shape index (κ3) is 4.89. The average molecular weight is 317 g/mol. The molecule has 2 N–H and O–H groups in total. The van der Waals surface area contributed by atoms with Crippen LogP contribution in [0.3, 0.4) is 0 Å². The van der Waals surface area contributed by atoms with E-state index in [-0.39, 0.29) is 5.91 Å². The van der Waals surface area contributed by atoms with Crippen LogP contribution >= 0.6 is 11.3 Å². The first-order valence-corrected chi connectivity index (χ1v) is 7.93. The first-order valence-electron chi connectivity index (χ1n) is 7.05. The fourth-order valence-electron chi connectivity index (χ4n) is 1.75. The number of nitrogens with one attached hydrogen (secondary N) is 2. The van der Waals surface area contributed by atoms with Crippen LogP contribution in [0, 0.1) is 0 Å². The van der Waals surface area contributed by atoms with Crippen LogP contribution in [0.1, 0.15) is 18.7 Å². The summed E-state index contributed by atoms with van der Waals surface area (Å²) in [6.45, 7) is 4.36. The van der Waals surface area contributed by atoms with Gasteiger partial charge in [0.2, 0.25) is 0 Å². The smallest absolute Gasteiger partial charge is 0.262 e. The summed E-state index contributed by atoms with van der Waals surface area (Å²) >= 11 is 1.56. The number of carbonyl (C=O) groups excluding carboxylic acids is 1. The third-order valence-electron chi connectivity index (χ3n) is 2.85. The molecule has 0 fully saturated rings. The summed E-state index contributed by atoms with van der Waals surface area (Å²) in [5.74, 6) is 0.618. The molecule has 6 heteroatoms. The van der Waals surface area contributed by atoms with Gasteiger partial charge in [0.15, 0.2) is 0 Å². The zero-order valence-electron chi connectivity index (χ0n) is 12.6. The summed E-state index contributed by atoms with van der Waals surface area (Å²) in [7, 11) is 0. The molecule has 0 unspecified atom stereocenters. The van der Waals surface area contributed by atoms with E-state index in [2.05, 4.69) is 15.8 Å². The van der Waals surface area contributed by atoms with Crippen molar-refractivity contribution >= 4 is 29.1 Å². The van der Waals surface area contributed by atoms with Gasteiger partial charge in [-0.2, -0.15) is 5.10 Å². The lowest BCUT2D eigenvalue weighted by Gasteiger charge is -2.13. The van der Waals surface area contributed by atoms with Crippen molar-refractivity contribution in [3.05, 3.63) is 46.7 Å². The van der Waals surface area contributed by atoms with Gasteiger partial charge < -0.3 is 10.1 Å². The molecule has 1 aromatic heterocycles. The van der Waals surface area contributed by atoms with Gasteiger partial charge in [0.1, 0.15) is 11.8 Å². The molecule has 0 bridgehead atoms. The van der Waals surface area contributed by atoms with Gasteiger partial charge in [-0.3, -0.25) is 4.79 Å². The molecular weight excluding hydrogens is 298 g/mol. The second kappa shape index (κ2) is 8.19. The van der Waals surface area contributed by atoms with Crippen molar-refractivity contribution in [3.63, 3.8) is 0 Å². The molecule has 2 aromatic rings.